The molecule has 0 saturated carbocycles. The zero-order chi connectivity index (χ0) is 19.0. The fraction of sp³-hybridized carbons (Fsp3) is 0.0500. The van der Waals surface area contributed by atoms with Gasteiger partial charge in [0.15, 0.2) is 0 Å². The van der Waals surface area contributed by atoms with E-state index in [1.165, 1.54) is 12.1 Å². The molecule has 0 aliphatic rings. The molecule has 0 amide bonds. The quantitative estimate of drug-likeness (QED) is 0.207. The van der Waals surface area contributed by atoms with E-state index in [4.69, 9.17) is 20.8 Å². The minimum Gasteiger partial charge on any atom is -0.456 e. The molecule has 4 aromatic rings. The maximum atomic E-state index is 12.3. The Bertz CT molecular complexity index is 1200. The van der Waals surface area contributed by atoms with E-state index in [1.807, 2.05) is 24.3 Å². The zero-order valence-electron chi connectivity index (χ0n) is 13.8. The molecule has 0 unspecified atom stereocenters. The molecule has 0 aliphatic carbocycles. The van der Waals surface area contributed by atoms with Gasteiger partial charge in [-0.3, -0.25) is 14.9 Å². The number of halogens is 1. The average Bonchev–Trinajstić information content (AvgIpc) is 2.99. The van der Waals surface area contributed by atoms with Gasteiger partial charge in [0.05, 0.1) is 11.3 Å². The fourth-order valence-electron chi connectivity index (χ4n) is 3.00. The number of nitrogens with zero attached hydrogens (tertiary/aromatic N) is 1. The molecular formula is C20H12ClNO5. The minimum atomic E-state index is -0.618. The van der Waals surface area contributed by atoms with Gasteiger partial charge in [0.25, 0.3) is 5.69 Å². The van der Waals surface area contributed by atoms with Crippen molar-refractivity contribution in [3.8, 4) is 5.75 Å². The highest BCUT2D eigenvalue weighted by Gasteiger charge is 2.21. The Balaban J connectivity index is 1.61. The molecule has 1 heterocycles. The van der Waals surface area contributed by atoms with E-state index in [1.54, 1.807) is 24.3 Å². The molecule has 3 aromatic carbocycles. The van der Waals surface area contributed by atoms with Crippen LogP contribution in [-0.4, -0.2) is 10.9 Å². The van der Waals surface area contributed by atoms with Gasteiger partial charge in [-0.25, -0.2) is 0 Å². The van der Waals surface area contributed by atoms with E-state index in [9.17, 15) is 14.9 Å². The van der Waals surface area contributed by atoms with Crippen LogP contribution in [0.25, 0.3) is 21.9 Å². The average molecular weight is 382 g/mol. The van der Waals surface area contributed by atoms with Crippen LogP contribution in [0, 0.1) is 10.1 Å². The van der Waals surface area contributed by atoms with Crippen LogP contribution in [0.5, 0.6) is 5.75 Å². The topological polar surface area (TPSA) is 82.6 Å². The normalized spacial score (nSPS) is 11.0. The molecule has 6 nitrogen and oxygen atoms in total. The van der Waals surface area contributed by atoms with Crippen molar-refractivity contribution < 1.29 is 18.9 Å². The minimum absolute atomic E-state index is 0.0170. The van der Waals surface area contributed by atoms with Crippen molar-refractivity contribution in [2.75, 3.05) is 0 Å². The lowest BCUT2D eigenvalue weighted by atomic mass is 10.1. The lowest BCUT2D eigenvalue weighted by Gasteiger charge is -2.06. The van der Waals surface area contributed by atoms with Gasteiger partial charge in [0.1, 0.15) is 21.9 Å². The number of benzene rings is 3. The molecule has 134 valence electrons. The van der Waals surface area contributed by atoms with Crippen molar-refractivity contribution in [2.24, 2.45) is 0 Å². The lowest BCUT2D eigenvalue weighted by molar-refractivity contribution is -0.385. The van der Waals surface area contributed by atoms with Gasteiger partial charge in [0, 0.05) is 16.3 Å². The second-order valence-corrected chi connectivity index (χ2v) is 6.32. The Labute approximate surface area is 158 Å². The molecule has 1 aromatic heterocycles. The first-order chi connectivity index (χ1) is 13.0. The van der Waals surface area contributed by atoms with E-state index in [-0.39, 0.29) is 22.7 Å². The Morgan fingerprint density at radius 2 is 1.81 bits per heavy atom. The first-order valence-electron chi connectivity index (χ1n) is 8.06. The summed E-state index contributed by atoms with van der Waals surface area (Å²) in [5.74, 6) is -0.281. The number of rotatable bonds is 4. The van der Waals surface area contributed by atoms with Crippen molar-refractivity contribution >= 4 is 45.2 Å². The van der Waals surface area contributed by atoms with Gasteiger partial charge in [-0.2, -0.15) is 0 Å². The smallest absolute Gasteiger partial charge is 0.315 e. The third-order valence-electron chi connectivity index (χ3n) is 4.17. The molecule has 0 N–H and O–H groups in total. The summed E-state index contributed by atoms with van der Waals surface area (Å²) in [5, 5.41) is 12.9. The summed E-state index contributed by atoms with van der Waals surface area (Å²) in [6.07, 6.45) is -0.263. The summed E-state index contributed by atoms with van der Waals surface area (Å²) in [6, 6.07) is 17.1. The lowest BCUT2D eigenvalue weighted by Crippen LogP contribution is -2.12. The van der Waals surface area contributed by atoms with Crippen LogP contribution < -0.4 is 4.74 Å². The number of fused-ring (bicyclic) bond motifs is 3. The first-order valence-corrected chi connectivity index (χ1v) is 8.44. The van der Waals surface area contributed by atoms with Crippen molar-refractivity contribution in [1.29, 1.82) is 0 Å². The number of nitro groups is 1. The van der Waals surface area contributed by atoms with E-state index >= 15 is 0 Å². The van der Waals surface area contributed by atoms with E-state index in [2.05, 4.69) is 0 Å². The van der Waals surface area contributed by atoms with Crippen LogP contribution in [0.3, 0.4) is 0 Å². The highest BCUT2D eigenvalue weighted by molar-refractivity contribution is 6.32. The van der Waals surface area contributed by atoms with Gasteiger partial charge in [-0.1, -0.05) is 41.9 Å². The zero-order valence-corrected chi connectivity index (χ0v) is 14.6. The third kappa shape index (κ3) is 3.22. The second kappa shape index (κ2) is 6.74. The van der Waals surface area contributed by atoms with Gasteiger partial charge >= 0.3 is 5.97 Å². The molecule has 0 fully saturated rings. The third-order valence-corrected chi connectivity index (χ3v) is 4.47. The summed E-state index contributed by atoms with van der Waals surface area (Å²) >= 11 is 5.87. The molecule has 0 saturated heterocycles. The highest BCUT2D eigenvalue weighted by atomic mass is 35.5. The van der Waals surface area contributed by atoms with Crippen LogP contribution in [0.4, 0.5) is 5.69 Å². The molecule has 27 heavy (non-hydrogen) atoms. The van der Waals surface area contributed by atoms with Crippen molar-refractivity contribution in [3.63, 3.8) is 0 Å². The summed E-state index contributed by atoms with van der Waals surface area (Å²) in [5.41, 5.74) is 1.34. The van der Waals surface area contributed by atoms with Crippen LogP contribution in [0.1, 0.15) is 5.56 Å². The Kier molecular flexibility index (Phi) is 4.25. The largest absolute Gasteiger partial charge is 0.456 e. The van der Waals surface area contributed by atoms with Crippen LogP contribution in [0.15, 0.2) is 65.1 Å². The van der Waals surface area contributed by atoms with Gasteiger partial charge in [-0.15, -0.1) is 0 Å². The summed E-state index contributed by atoms with van der Waals surface area (Å²) in [6.45, 7) is 0. The molecule has 7 heteroatoms. The Morgan fingerprint density at radius 1 is 1.04 bits per heavy atom. The van der Waals surface area contributed by atoms with Crippen molar-refractivity contribution in [3.05, 3.63) is 81.4 Å². The van der Waals surface area contributed by atoms with E-state index in [0.717, 1.165) is 16.4 Å². The number of hydrogen-bond donors (Lipinski definition) is 0. The van der Waals surface area contributed by atoms with Crippen molar-refractivity contribution in [1.82, 2.24) is 0 Å². The molecular weight excluding hydrogens is 370 g/mol. The number of nitro benzene ring substituents is 1. The molecule has 0 bridgehead atoms. The predicted molar refractivity (Wildman–Crippen MR) is 101 cm³/mol. The number of carbonyl (C=O) groups excluding carboxylic acids is 1. The molecule has 4 rings (SSSR count). The van der Waals surface area contributed by atoms with Crippen LogP contribution in [-0.2, 0) is 11.2 Å². The second-order valence-electron chi connectivity index (χ2n) is 5.91. The number of esters is 1. The first kappa shape index (κ1) is 17.1. The van der Waals surface area contributed by atoms with Crippen LogP contribution >= 0.6 is 11.6 Å². The number of carbonyl (C=O) groups is 1. The number of para-hydroxylation sites is 2. The summed E-state index contributed by atoms with van der Waals surface area (Å²) < 4.78 is 11.1. The maximum absolute atomic E-state index is 12.3. The standard InChI is InChI=1S/C20H12ClNO5/c21-16-6-3-4-12(20(16)22(24)25)10-19(23)26-13-8-9-18-15(11-13)14-5-1-2-7-17(14)27-18/h1-9,11H,10H2. The predicted octanol–water partition coefficient (Wildman–Crippen LogP) is 5.30. The van der Waals surface area contributed by atoms with Gasteiger partial charge < -0.3 is 9.15 Å². The highest BCUT2D eigenvalue weighted by Crippen LogP contribution is 2.32. The van der Waals surface area contributed by atoms with Gasteiger partial charge in [-0.05, 0) is 30.3 Å². The Morgan fingerprint density at radius 3 is 2.63 bits per heavy atom. The Hall–Kier alpha value is -3.38. The molecule has 0 radical (unpaired) electrons. The monoisotopic (exact) mass is 381 g/mol. The number of hydrogen-bond acceptors (Lipinski definition) is 5. The molecule has 0 spiro atoms. The van der Waals surface area contributed by atoms with Gasteiger partial charge in [0.2, 0.25) is 0 Å². The number of ether oxygens (including phenoxy) is 1. The summed E-state index contributed by atoms with van der Waals surface area (Å²) in [4.78, 5) is 22.9. The van der Waals surface area contributed by atoms with Crippen molar-refractivity contribution in [2.45, 2.75) is 6.42 Å². The van der Waals surface area contributed by atoms with E-state index < -0.39 is 10.9 Å². The fourth-order valence-corrected chi connectivity index (χ4v) is 3.26. The molecule has 0 atom stereocenters. The maximum Gasteiger partial charge on any atom is 0.315 e. The SMILES string of the molecule is O=C(Cc1cccc(Cl)c1[N+](=O)[O-])Oc1ccc2oc3ccccc3c2c1. The van der Waals surface area contributed by atoms with E-state index in [0.29, 0.717) is 11.3 Å². The summed E-state index contributed by atoms with van der Waals surface area (Å²) in [7, 11) is 0. The number of furan rings is 1. The van der Waals surface area contributed by atoms with Crippen LogP contribution in [0.2, 0.25) is 5.02 Å². The molecule has 0 aliphatic heterocycles.